The Bertz CT molecular complexity index is 817. The first kappa shape index (κ1) is 20.0. The SMILES string of the molecule is CN=C(N)NCCC[C@H](NC(=O)COc1cccc2ccccc12)C(=O)O. The van der Waals surface area contributed by atoms with Gasteiger partial charge in [0, 0.05) is 19.0 Å². The molecule has 0 spiro atoms. The third-order valence-corrected chi connectivity index (χ3v) is 3.96. The average Bonchev–Trinajstić information content (AvgIpc) is 2.68. The Kier molecular flexibility index (Phi) is 7.42. The Morgan fingerprint density at radius 3 is 2.70 bits per heavy atom. The van der Waals surface area contributed by atoms with E-state index in [0.29, 0.717) is 18.7 Å². The van der Waals surface area contributed by atoms with Gasteiger partial charge in [0.2, 0.25) is 0 Å². The lowest BCUT2D eigenvalue weighted by Crippen LogP contribution is -2.43. The lowest BCUT2D eigenvalue weighted by atomic mass is 10.1. The lowest BCUT2D eigenvalue weighted by Gasteiger charge is -2.15. The van der Waals surface area contributed by atoms with Crippen molar-refractivity contribution in [3.63, 3.8) is 0 Å². The molecule has 8 nitrogen and oxygen atoms in total. The van der Waals surface area contributed by atoms with Gasteiger partial charge in [0.15, 0.2) is 12.6 Å². The molecule has 0 aromatic heterocycles. The minimum absolute atomic E-state index is 0.258. The van der Waals surface area contributed by atoms with Crippen LogP contribution in [0.25, 0.3) is 10.8 Å². The van der Waals surface area contributed by atoms with Crippen LogP contribution >= 0.6 is 0 Å². The van der Waals surface area contributed by atoms with E-state index in [4.69, 9.17) is 10.5 Å². The molecular weight excluding hydrogens is 348 g/mol. The Morgan fingerprint density at radius 2 is 1.96 bits per heavy atom. The molecule has 0 aliphatic rings. The quantitative estimate of drug-likeness (QED) is 0.297. The molecule has 2 aromatic rings. The van der Waals surface area contributed by atoms with Crippen LogP contribution in [0, 0.1) is 0 Å². The monoisotopic (exact) mass is 372 g/mol. The topological polar surface area (TPSA) is 126 Å². The summed E-state index contributed by atoms with van der Waals surface area (Å²) < 4.78 is 5.58. The summed E-state index contributed by atoms with van der Waals surface area (Å²) in [5, 5.41) is 16.5. The number of benzene rings is 2. The van der Waals surface area contributed by atoms with E-state index in [2.05, 4.69) is 15.6 Å². The van der Waals surface area contributed by atoms with Gasteiger partial charge in [-0.05, 0) is 24.3 Å². The van der Waals surface area contributed by atoms with Crippen LogP contribution in [0.1, 0.15) is 12.8 Å². The van der Waals surface area contributed by atoms with Crippen molar-refractivity contribution in [2.75, 3.05) is 20.2 Å². The maximum Gasteiger partial charge on any atom is 0.326 e. The average molecular weight is 372 g/mol. The molecule has 5 N–H and O–H groups in total. The van der Waals surface area contributed by atoms with E-state index >= 15 is 0 Å². The molecule has 1 amide bonds. The van der Waals surface area contributed by atoms with E-state index in [1.54, 1.807) is 13.1 Å². The summed E-state index contributed by atoms with van der Waals surface area (Å²) in [5.41, 5.74) is 5.50. The molecule has 0 saturated carbocycles. The van der Waals surface area contributed by atoms with Crippen LogP contribution in [0.3, 0.4) is 0 Å². The summed E-state index contributed by atoms with van der Waals surface area (Å²) in [5.74, 6) is -0.716. The molecule has 0 aliphatic carbocycles. The van der Waals surface area contributed by atoms with E-state index in [-0.39, 0.29) is 19.0 Å². The van der Waals surface area contributed by atoms with Crippen molar-refractivity contribution >= 4 is 28.6 Å². The number of amides is 1. The zero-order valence-corrected chi connectivity index (χ0v) is 15.1. The van der Waals surface area contributed by atoms with Crippen LogP contribution in [0.4, 0.5) is 0 Å². The molecule has 0 unspecified atom stereocenters. The highest BCUT2D eigenvalue weighted by Crippen LogP contribution is 2.24. The summed E-state index contributed by atoms with van der Waals surface area (Å²) >= 11 is 0. The molecule has 27 heavy (non-hydrogen) atoms. The molecule has 2 aromatic carbocycles. The zero-order valence-electron chi connectivity index (χ0n) is 15.1. The fourth-order valence-corrected chi connectivity index (χ4v) is 2.56. The Balaban J connectivity index is 1.85. The third-order valence-electron chi connectivity index (χ3n) is 3.96. The van der Waals surface area contributed by atoms with E-state index in [1.165, 1.54) is 0 Å². The van der Waals surface area contributed by atoms with Crippen molar-refractivity contribution in [2.24, 2.45) is 10.7 Å². The zero-order chi connectivity index (χ0) is 19.6. The van der Waals surface area contributed by atoms with Gasteiger partial charge in [-0.3, -0.25) is 9.79 Å². The first-order valence-electron chi connectivity index (χ1n) is 8.60. The Hall–Kier alpha value is -3.29. The highest BCUT2D eigenvalue weighted by Gasteiger charge is 2.19. The number of aliphatic imine (C=N–C) groups is 1. The van der Waals surface area contributed by atoms with Gasteiger partial charge in [-0.25, -0.2) is 4.79 Å². The number of carboxylic acid groups (broad SMARTS) is 1. The van der Waals surface area contributed by atoms with Crippen LogP contribution in [-0.2, 0) is 9.59 Å². The summed E-state index contributed by atoms with van der Waals surface area (Å²) in [6.45, 7) is 0.209. The van der Waals surface area contributed by atoms with Gasteiger partial charge in [0.05, 0.1) is 0 Å². The van der Waals surface area contributed by atoms with Crippen LogP contribution in [0.15, 0.2) is 47.5 Å². The van der Waals surface area contributed by atoms with Crippen molar-refractivity contribution in [3.8, 4) is 5.75 Å². The number of carbonyl (C=O) groups excluding carboxylic acids is 1. The lowest BCUT2D eigenvalue weighted by molar-refractivity contribution is -0.142. The van der Waals surface area contributed by atoms with Gasteiger partial charge in [0.25, 0.3) is 5.91 Å². The molecule has 1 atom stereocenters. The second-order valence-electron chi connectivity index (χ2n) is 5.90. The number of hydrogen-bond donors (Lipinski definition) is 4. The predicted octanol–water partition coefficient (Wildman–Crippen LogP) is 1.10. The normalized spacial score (nSPS) is 12.4. The van der Waals surface area contributed by atoms with Crippen molar-refractivity contribution in [2.45, 2.75) is 18.9 Å². The number of aliphatic carboxylic acids is 1. The molecule has 0 bridgehead atoms. The van der Waals surface area contributed by atoms with Crippen LogP contribution in [0.5, 0.6) is 5.75 Å². The van der Waals surface area contributed by atoms with Crippen molar-refractivity contribution in [1.29, 1.82) is 0 Å². The molecule has 0 saturated heterocycles. The number of guanidine groups is 1. The second kappa shape index (κ2) is 10.0. The van der Waals surface area contributed by atoms with Crippen molar-refractivity contribution < 1.29 is 19.4 Å². The van der Waals surface area contributed by atoms with Crippen LogP contribution in [-0.4, -0.2) is 49.2 Å². The number of rotatable bonds is 9. The number of nitrogens with zero attached hydrogens (tertiary/aromatic N) is 1. The van der Waals surface area contributed by atoms with E-state index in [9.17, 15) is 14.7 Å². The summed E-state index contributed by atoms with van der Waals surface area (Å²) in [7, 11) is 1.55. The molecular formula is C19H24N4O4. The van der Waals surface area contributed by atoms with E-state index in [0.717, 1.165) is 10.8 Å². The first-order chi connectivity index (χ1) is 13.0. The summed E-state index contributed by atoms with van der Waals surface area (Å²) in [4.78, 5) is 27.2. The Morgan fingerprint density at radius 1 is 1.22 bits per heavy atom. The first-order valence-corrected chi connectivity index (χ1v) is 8.60. The minimum atomic E-state index is -1.09. The molecule has 0 fully saturated rings. The number of carboxylic acids is 1. The molecule has 144 valence electrons. The number of ether oxygens (including phenoxy) is 1. The largest absolute Gasteiger partial charge is 0.483 e. The van der Waals surface area contributed by atoms with Crippen LogP contribution in [0.2, 0.25) is 0 Å². The van der Waals surface area contributed by atoms with Gasteiger partial charge >= 0.3 is 5.97 Å². The number of nitrogens with one attached hydrogen (secondary N) is 2. The smallest absolute Gasteiger partial charge is 0.326 e. The standard InChI is InChI=1S/C19H24N4O4/c1-21-19(20)22-11-5-9-15(18(25)26)23-17(24)12-27-16-10-4-7-13-6-2-3-8-14(13)16/h2-4,6-8,10,15H,5,9,11-12H2,1H3,(H,23,24)(H,25,26)(H3,20,21,22)/t15-/m0/s1. The highest BCUT2D eigenvalue weighted by atomic mass is 16.5. The van der Waals surface area contributed by atoms with Gasteiger partial charge in [-0.2, -0.15) is 0 Å². The van der Waals surface area contributed by atoms with Crippen LogP contribution < -0.4 is 21.1 Å². The fourth-order valence-electron chi connectivity index (χ4n) is 2.56. The maximum atomic E-state index is 12.1. The molecule has 0 radical (unpaired) electrons. The second-order valence-corrected chi connectivity index (χ2v) is 5.90. The summed E-state index contributed by atoms with van der Waals surface area (Å²) in [6, 6.07) is 12.2. The maximum absolute atomic E-state index is 12.1. The minimum Gasteiger partial charge on any atom is -0.483 e. The molecule has 0 heterocycles. The summed E-state index contributed by atoms with van der Waals surface area (Å²) in [6.07, 6.45) is 0.775. The Labute approximate surface area is 157 Å². The van der Waals surface area contributed by atoms with Gasteiger partial charge in [0.1, 0.15) is 11.8 Å². The fraction of sp³-hybridized carbons (Fsp3) is 0.316. The number of fused-ring (bicyclic) bond motifs is 1. The van der Waals surface area contributed by atoms with E-state index < -0.39 is 17.9 Å². The third kappa shape index (κ3) is 6.18. The predicted molar refractivity (Wildman–Crippen MR) is 104 cm³/mol. The van der Waals surface area contributed by atoms with Crippen molar-refractivity contribution in [1.82, 2.24) is 10.6 Å². The molecule has 2 rings (SSSR count). The number of carbonyl (C=O) groups is 2. The van der Waals surface area contributed by atoms with Gasteiger partial charge in [-0.1, -0.05) is 36.4 Å². The van der Waals surface area contributed by atoms with Gasteiger partial charge in [-0.15, -0.1) is 0 Å². The molecule has 8 heteroatoms. The molecule has 0 aliphatic heterocycles. The highest BCUT2D eigenvalue weighted by molar-refractivity contribution is 5.89. The number of hydrogen-bond acceptors (Lipinski definition) is 4. The number of nitrogens with two attached hydrogens (primary N) is 1. The van der Waals surface area contributed by atoms with E-state index in [1.807, 2.05) is 36.4 Å². The van der Waals surface area contributed by atoms with Crippen molar-refractivity contribution in [3.05, 3.63) is 42.5 Å². The van der Waals surface area contributed by atoms with Gasteiger partial charge < -0.3 is 26.2 Å².